The molecule has 3 heteroatoms. The molecule has 132 valence electrons. The van der Waals surface area contributed by atoms with E-state index in [0.717, 1.165) is 16.8 Å². The van der Waals surface area contributed by atoms with E-state index in [0.29, 0.717) is 13.1 Å². The lowest BCUT2D eigenvalue weighted by atomic mass is 10.1. The summed E-state index contributed by atoms with van der Waals surface area (Å²) in [6, 6.07) is 26.1. The Hall–Kier alpha value is -3.07. The van der Waals surface area contributed by atoms with E-state index in [1.807, 2.05) is 66.4 Å². The predicted octanol–water partition coefficient (Wildman–Crippen LogP) is 5.54. The third-order valence-corrected chi connectivity index (χ3v) is 4.30. The molecule has 0 aromatic heterocycles. The number of hydrogen-bond acceptors (Lipinski definition) is 1. The summed E-state index contributed by atoms with van der Waals surface area (Å²) >= 11 is 0. The van der Waals surface area contributed by atoms with Gasteiger partial charge in [0.2, 0.25) is 0 Å². The van der Waals surface area contributed by atoms with Gasteiger partial charge >= 0.3 is 6.03 Å². The summed E-state index contributed by atoms with van der Waals surface area (Å²) in [5.41, 5.74) is 5.42. The van der Waals surface area contributed by atoms with E-state index in [1.165, 1.54) is 11.1 Å². The van der Waals surface area contributed by atoms with Crippen molar-refractivity contribution in [3.05, 3.63) is 101 Å². The molecule has 0 aliphatic carbocycles. The number of aryl methyl sites for hydroxylation is 2. The molecule has 3 aromatic carbocycles. The molecule has 1 N–H and O–H groups in total. The molecule has 0 aliphatic rings. The molecular formula is C23H24N2O. The highest BCUT2D eigenvalue weighted by atomic mass is 16.2. The Morgan fingerprint density at radius 1 is 0.731 bits per heavy atom. The molecule has 0 saturated heterocycles. The Morgan fingerprint density at radius 3 is 1.81 bits per heavy atom. The van der Waals surface area contributed by atoms with Gasteiger partial charge < -0.3 is 10.2 Å². The lowest BCUT2D eigenvalue weighted by Gasteiger charge is -2.23. The van der Waals surface area contributed by atoms with Crippen molar-refractivity contribution in [3.63, 3.8) is 0 Å². The smallest absolute Gasteiger partial charge is 0.316 e. The Labute approximate surface area is 155 Å². The fraction of sp³-hybridized carbons (Fsp3) is 0.174. The zero-order chi connectivity index (χ0) is 18.4. The van der Waals surface area contributed by atoms with E-state index >= 15 is 0 Å². The number of carbonyl (C=O) groups is 1. The second kappa shape index (κ2) is 8.34. The maximum absolute atomic E-state index is 12.9. The second-order valence-electron chi connectivity index (χ2n) is 6.62. The van der Waals surface area contributed by atoms with Gasteiger partial charge in [-0.2, -0.15) is 0 Å². The van der Waals surface area contributed by atoms with Crippen LogP contribution in [0.4, 0.5) is 10.5 Å². The first kappa shape index (κ1) is 17.7. The lowest BCUT2D eigenvalue weighted by molar-refractivity contribution is 0.206. The maximum atomic E-state index is 12.9. The lowest BCUT2D eigenvalue weighted by Crippen LogP contribution is -2.34. The van der Waals surface area contributed by atoms with Gasteiger partial charge in [-0.15, -0.1) is 0 Å². The number of nitrogens with zero attached hydrogens (tertiary/aromatic N) is 1. The zero-order valence-corrected chi connectivity index (χ0v) is 15.3. The number of nitrogens with one attached hydrogen (secondary N) is 1. The van der Waals surface area contributed by atoms with Crippen LogP contribution >= 0.6 is 0 Å². The molecule has 0 fully saturated rings. The Bertz CT molecular complexity index is 840. The first-order valence-electron chi connectivity index (χ1n) is 8.82. The fourth-order valence-electron chi connectivity index (χ4n) is 2.76. The molecular weight excluding hydrogens is 320 g/mol. The van der Waals surface area contributed by atoms with Crippen LogP contribution in [0.1, 0.15) is 22.3 Å². The number of benzene rings is 3. The highest BCUT2D eigenvalue weighted by molar-refractivity contribution is 5.89. The van der Waals surface area contributed by atoms with Gasteiger partial charge in [-0.1, -0.05) is 77.9 Å². The van der Waals surface area contributed by atoms with Crippen LogP contribution in [-0.2, 0) is 13.1 Å². The monoisotopic (exact) mass is 344 g/mol. The van der Waals surface area contributed by atoms with Gasteiger partial charge in [-0.05, 0) is 37.1 Å². The van der Waals surface area contributed by atoms with Gasteiger partial charge in [0.05, 0.1) is 0 Å². The van der Waals surface area contributed by atoms with Crippen molar-refractivity contribution in [1.82, 2.24) is 4.90 Å². The minimum atomic E-state index is -0.0988. The highest BCUT2D eigenvalue weighted by Crippen LogP contribution is 2.15. The number of urea groups is 1. The number of amides is 2. The van der Waals surface area contributed by atoms with Crippen LogP contribution in [0.3, 0.4) is 0 Å². The van der Waals surface area contributed by atoms with Crippen molar-refractivity contribution in [1.29, 1.82) is 0 Å². The summed E-state index contributed by atoms with van der Waals surface area (Å²) in [5.74, 6) is 0. The normalized spacial score (nSPS) is 10.4. The van der Waals surface area contributed by atoms with Crippen molar-refractivity contribution < 1.29 is 4.79 Å². The Kier molecular flexibility index (Phi) is 5.69. The average molecular weight is 344 g/mol. The molecule has 3 rings (SSSR count). The van der Waals surface area contributed by atoms with Crippen molar-refractivity contribution in [2.45, 2.75) is 26.9 Å². The standard InChI is InChI=1S/C23H24N2O/c1-18-8-12-21(13-9-18)17-25(16-20-6-4-3-5-7-20)23(26)24-22-14-10-19(2)11-15-22/h3-15H,16-17H2,1-2H3,(H,24,26). The molecule has 0 saturated carbocycles. The van der Waals surface area contributed by atoms with Crippen LogP contribution in [0.25, 0.3) is 0 Å². The quantitative estimate of drug-likeness (QED) is 0.648. The van der Waals surface area contributed by atoms with Crippen LogP contribution in [0.5, 0.6) is 0 Å². The second-order valence-corrected chi connectivity index (χ2v) is 6.62. The molecule has 3 nitrogen and oxygen atoms in total. The van der Waals surface area contributed by atoms with Crippen LogP contribution < -0.4 is 5.32 Å². The molecule has 0 heterocycles. The van der Waals surface area contributed by atoms with Crippen LogP contribution in [0.15, 0.2) is 78.9 Å². The highest BCUT2D eigenvalue weighted by Gasteiger charge is 2.15. The molecule has 26 heavy (non-hydrogen) atoms. The van der Waals surface area contributed by atoms with Gasteiger partial charge in [0.25, 0.3) is 0 Å². The van der Waals surface area contributed by atoms with Crippen LogP contribution in [-0.4, -0.2) is 10.9 Å². The first-order valence-corrected chi connectivity index (χ1v) is 8.82. The third kappa shape index (κ3) is 4.96. The summed E-state index contributed by atoms with van der Waals surface area (Å²) in [6.07, 6.45) is 0. The van der Waals surface area contributed by atoms with Crippen LogP contribution in [0.2, 0.25) is 0 Å². The first-order chi connectivity index (χ1) is 12.6. The predicted molar refractivity (Wildman–Crippen MR) is 107 cm³/mol. The van der Waals surface area contributed by atoms with Gasteiger partial charge in [0, 0.05) is 18.8 Å². The minimum Gasteiger partial charge on any atom is -0.316 e. The van der Waals surface area contributed by atoms with E-state index in [2.05, 4.69) is 36.5 Å². The van der Waals surface area contributed by atoms with E-state index in [4.69, 9.17) is 0 Å². The maximum Gasteiger partial charge on any atom is 0.322 e. The number of hydrogen-bond donors (Lipinski definition) is 1. The van der Waals surface area contributed by atoms with E-state index in [-0.39, 0.29) is 6.03 Å². The average Bonchev–Trinajstić information content (AvgIpc) is 2.65. The van der Waals surface area contributed by atoms with E-state index < -0.39 is 0 Å². The number of carbonyl (C=O) groups excluding carboxylic acids is 1. The van der Waals surface area contributed by atoms with Crippen LogP contribution in [0, 0.1) is 13.8 Å². The Balaban J connectivity index is 1.77. The summed E-state index contributed by atoms with van der Waals surface area (Å²) in [6.45, 7) is 5.22. The summed E-state index contributed by atoms with van der Waals surface area (Å²) in [5, 5.41) is 3.01. The van der Waals surface area contributed by atoms with E-state index in [1.54, 1.807) is 0 Å². The molecule has 0 radical (unpaired) electrons. The topological polar surface area (TPSA) is 32.3 Å². The van der Waals surface area contributed by atoms with Crippen molar-refractivity contribution in [2.75, 3.05) is 5.32 Å². The molecule has 0 bridgehead atoms. The van der Waals surface area contributed by atoms with Crippen molar-refractivity contribution in [2.24, 2.45) is 0 Å². The fourth-order valence-corrected chi connectivity index (χ4v) is 2.76. The van der Waals surface area contributed by atoms with Gasteiger partial charge in [0.1, 0.15) is 0 Å². The summed E-state index contributed by atoms with van der Waals surface area (Å²) in [7, 11) is 0. The van der Waals surface area contributed by atoms with Crippen molar-refractivity contribution in [3.8, 4) is 0 Å². The van der Waals surface area contributed by atoms with Gasteiger partial charge in [0.15, 0.2) is 0 Å². The van der Waals surface area contributed by atoms with Gasteiger partial charge in [-0.25, -0.2) is 4.79 Å². The molecule has 3 aromatic rings. The number of anilines is 1. The third-order valence-electron chi connectivity index (χ3n) is 4.30. The van der Waals surface area contributed by atoms with Crippen molar-refractivity contribution >= 4 is 11.7 Å². The molecule has 0 unspecified atom stereocenters. The summed E-state index contributed by atoms with van der Waals surface area (Å²) < 4.78 is 0. The molecule has 0 spiro atoms. The Morgan fingerprint density at radius 2 is 1.23 bits per heavy atom. The molecule has 2 amide bonds. The zero-order valence-electron chi connectivity index (χ0n) is 15.3. The summed E-state index contributed by atoms with van der Waals surface area (Å²) in [4.78, 5) is 14.7. The van der Waals surface area contributed by atoms with Gasteiger partial charge in [-0.3, -0.25) is 0 Å². The SMILES string of the molecule is Cc1ccc(CN(Cc2ccccc2)C(=O)Nc2ccc(C)cc2)cc1. The number of rotatable bonds is 5. The van der Waals surface area contributed by atoms with E-state index in [9.17, 15) is 4.79 Å². The largest absolute Gasteiger partial charge is 0.322 e. The molecule has 0 atom stereocenters. The minimum absolute atomic E-state index is 0.0988. The molecule has 0 aliphatic heterocycles.